The van der Waals surface area contributed by atoms with Crippen LogP contribution in [0, 0.1) is 11.8 Å². The molecule has 1 rings (SSSR count). The summed E-state index contributed by atoms with van der Waals surface area (Å²) in [7, 11) is 0. The van der Waals surface area contributed by atoms with Crippen LogP contribution in [0.25, 0.3) is 0 Å². The average molecular weight is 168 g/mol. The van der Waals surface area contributed by atoms with E-state index in [0.717, 1.165) is 25.7 Å². The summed E-state index contributed by atoms with van der Waals surface area (Å²) in [5.74, 6) is 1.65. The molecule has 70 valence electrons. The van der Waals surface area contributed by atoms with Gasteiger partial charge in [-0.25, -0.2) is 0 Å². The fourth-order valence-electron chi connectivity index (χ4n) is 2.15. The highest BCUT2D eigenvalue weighted by Crippen LogP contribution is 2.30. The first-order valence-electron chi connectivity index (χ1n) is 5.30. The van der Waals surface area contributed by atoms with Crippen molar-refractivity contribution in [1.82, 2.24) is 0 Å². The van der Waals surface area contributed by atoms with Gasteiger partial charge in [-0.15, -0.1) is 0 Å². The van der Waals surface area contributed by atoms with Gasteiger partial charge in [-0.1, -0.05) is 26.7 Å². The lowest BCUT2D eigenvalue weighted by Crippen LogP contribution is -2.24. The van der Waals surface area contributed by atoms with Gasteiger partial charge in [-0.2, -0.15) is 0 Å². The van der Waals surface area contributed by atoms with Gasteiger partial charge in [-0.05, 0) is 25.2 Å². The molecule has 0 N–H and O–H groups in total. The van der Waals surface area contributed by atoms with Crippen molar-refractivity contribution in [3.63, 3.8) is 0 Å². The number of hydrogen-bond acceptors (Lipinski definition) is 1. The molecule has 2 unspecified atom stereocenters. The highest BCUT2D eigenvalue weighted by atomic mass is 16.1. The Hall–Kier alpha value is -0.330. The summed E-state index contributed by atoms with van der Waals surface area (Å²) in [4.78, 5) is 11.6. The fourth-order valence-corrected chi connectivity index (χ4v) is 2.15. The summed E-state index contributed by atoms with van der Waals surface area (Å²) in [5, 5.41) is 0. The standard InChI is InChI=1S/C11H20O/c1-3-5-10-7-6-9(4-2)8-11(10)12/h9-10H,3-8H2,1-2H3. The predicted molar refractivity (Wildman–Crippen MR) is 51.0 cm³/mol. The van der Waals surface area contributed by atoms with Gasteiger partial charge in [0.05, 0.1) is 0 Å². The number of carbonyl (C=O) groups is 1. The molecule has 1 nitrogen and oxygen atoms in total. The lowest BCUT2D eigenvalue weighted by molar-refractivity contribution is -0.126. The molecular formula is C11H20O. The van der Waals surface area contributed by atoms with Crippen LogP contribution in [0.2, 0.25) is 0 Å². The Morgan fingerprint density at radius 3 is 2.58 bits per heavy atom. The second kappa shape index (κ2) is 4.64. The molecule has 1 aliphatic rings. The quantitative estimate of drug-likeness (QED) is 0.632. The predicted octanol–water partition coefficient (Wildman–Crippen LogP) is 3.18. The molecule has 0 aromatic carbocycles. The van der Waals surface area contributed by atoms with Gasteiger partial charge in [0.25, 0.3) is 0 Å². The molecule has 1 heteroatoms. The second-order valence-corrected chi connectivity index (χ2v) is 4.01. The molecule has 2 atom stereocenters. The second-order valence-electron chi connectivity index (χ2n) is 4.01. The van der Waals surface area contributed by atoms with Crippen molar-refractivity contribution in [3.05, 3.63) is 0 Å². The summed E-state index contributed by atoms with van der Waals surface area (Å²) < 4.78 is 0. The van der Waals surface area contributed by atoms with E-state index in [1.165, 1.54) is 12.8 Å². The highest BCUT2D eigenvalue weighted by Gasteiger charge is 2.26. The summed E-state index contributed by atoms with van der Waals surface area (Å²) in [6, 6.07) is 0. The zero-order valence-corrected chi connectivity index (χ0v) is 8.31. The third-order valence-corrected chi connectivity index (χ3v) is 3.08. The first-order valence-corrected chi connectivity index (χ1v) is 5.30. The van der Waals surface area contributed by atoms with E-state index in [9.17, 15) is 4.79 Å². The van der Waals surface area contributed by atoms with E-state index < -0.39 is 0 Å². The van der Waals surface area contributed by atoms with Gasteiger partial charge < -0.3 is 0 Å². The smallest absolute Gasteiger partial charge is 0.136 e. The van der Waals surface area contributed by atoms with Gasteiger partial charge >= 0.3 is 0 Å². The van der Waals surface area contributed by atoms with Crippen molar-refractivity contribution in [2.45, 2.75) is 52.4 Å². The Morgan fingerprint density at radius 2 is 2.08 bits per heavy atom. The highest BCUT2D eigenvalue weighted by molar-refractivity contribution is 5.81. The summed E-state index contributed by atoms with van der Waals surface area (Å²) in [5.41, 5.74) is 0. The third-order valence-electron chi connectivity index (χ3n) is 3.08. The number of carbonyl (C=O) groups excluding carboxylic acids is 1. The van der Waals surface area contributed by atoms with Crippen LogP contribution >= 0.6 is 0 Å². The van der Waals surface area contributed by atoms with E-state index in [2.05, 4.69) is 13.8 Å². The number of rotatable bonds is 3. The normalized spacial score (nSPS) is 30.7. The Bertz CT molecular complexity index is 151. The zero-order chi connectivity index (χ0) is 8.97. The summed E-state index contributed by atoms with van der Waals surface area (Å²) in [6.07, 6.45) is 6.77. The molecule has 1 saturated carbocycles. The van der Waals surface area contributed by atoms with Crippen LogP contribution in [0.5, 0.6) is 0 Å². The number of hydrogen-bond donors (Lipinski definition) is 0. The van der Waals surface area contributed by atoms with Crippen molar-refractivity contribution in [2.75, 3.05) is 0 Å². The van der Waals surface area contributed by atoms with E-state index in [1.54, 1.807) is 0 Å². The molecule has 0 aliphatic heterocycles. The number of Topliss-reactive ketones (excluding diaryl/α,β-unsaturated/α-hetero) is 1. The maximum atomic E-state index is 11.6. The Kier molecular flexibility index (Phi) is 3.77. The van der Waals surface area contributed by atoms with Gasteiger partial charge in [0, 0.05) is 12.3 Å². The summed E-state index contributed by atoms with van der Waals surface area (Å²) >= 11 is 0. The molecule has 0 heterocycles. The van der Waals surface area contributed by atoms with Gasteiger partial charge in [-0.3, -0.25) is 4.79 Å². The lowest BCUT2D eigenvalue weighted by Gasteiger charge is -2.26. The van der Waals surface area contributed by atoms with Crippen molar-refractivity contribution >= 4 is 5.78 Å². The van der Waals surface area contributed by atoms with Crippen LogP contribution in [-0.4, -0.2) is 5.78 Å². The Balaban J connectivity index is 2.37. The van der Waals surface area contributed by atoms with Crippen LogP contribution in [-0.2, 0) is 4.79 Å². The minimum absolute atomic E-state index is 0.415. The van der Waals surface area contributed by atoms with E-state index in [-0.39, 0.29) is 0 Å². The number of ketones is 1. The first-order chi connectivity index (χ1) is 5.77. The third kappa shape index (κ3) is 2.33. The van der Waals surface area contributed by atoms with Crippen LogP contribution in [0.3, 0.4) is 0 Å². The molecule has 1 aliphatic carbocycles. The summed E-state index contributed by atoms with van der Waals surface area (Å²) in [6.45, 7) is 4.36. The maximum Gasteiger partial charge on any atom is 0.136 e. The van der Waals surface area contributed by atoms with Crippen LogP contribution in [0.4, 0.5) is 0 Å². The Labute approximate surface area is 75.5 Å². The van der Waals surface area contributed by atoms with E-state index >= 15 is 0 Å². The zero-order valence-electron chi connectivity index (χ0n) is 8.31. The van der Waals surface area contributed by atoms with Gasteiger partial charge in [0.2, 0.25) is 0 Å². The monoisotopic (exact) mass is 168 g/mol. The molecule has 0 amide bonds. The molecule has 12 heavy (non-hydrogen) atoms. The fraction of sp³-hybridized carbons (Fsp3) is 0.909. The molecular weight excluding hydrogens is 148 g/mol. The van der Waals surface area contributed by atoms with Crippen molar-refractivity contribution < 1.29 is 4.79 Å². The SMILES string of the molecule is CCCC1CCC(CC)CC1=O. The van der Waals surface area contributed by atoms with E-state index in [4.69, 9.17) is 0 Å². The lowest BCUT2D eigenvalue weighted by atomic mass is 9.78. The molecule has 0 spiro atoms. The molecule has 0 radical (unpaired) electrons. The average Bonchev–Trinajstić information content (AvgIpc) is 2.09. The van der Waals surface area contributed by atoms with E-state index in [1.807, 2.05) is 0 Å². The van der Waals surface area contributed by atoms with Gasteiger partial charge in [0.1, 0.15) is 5.78 Å². The van der Waals surface area contributed by atoms with Crippen LogP contribution in [0.15, 0.2) is 0 Å². The van der Waals surface area contributed by atoms with Crippen molar-refractivity contribution in [1.29, 1.82) is 0 Å². The molecule has 0 aromatic heterocycles. The van der Waals surface area contributed by atoms with Gasteiger partial charge in [0.15, 0.2) is 0 Å². The first kappa shape index (κ1) is 9.76. The maximum absolute atomic E-state index is 11.6. The molecule has 0 aromatic rings. The van der Waals surface area contributed by atoms with Crippen molar-refractivity contribution in [2.24, 2.45) is 11.8 Å². The molecule has 0 saturated heterocycles. The largest absolute Gasteiger partial charge is 0.299 e. The minimum atomic E-state index is 0.415. The van der Waals surface area contributed by atoms with E-state index in [0.29, 0.717) is 17.6 Å². The Morgan fingerprint density at radius 1 is 1.33 bits per heavy atom. The molecule has 0 bridgehead atoms. The van der Waals surface area contributed by atoms with Crippen molar-refractivity contribution in [3.8, 4) is 0 Å². The van der Waals surface area contributed by atoms with Crippen LogP contribution in [0.1, 0.15) is 52.4 Å². The topological polar surface area (TPSA) is 17.1 Å². The minimum Gasteiger partial charge on any atom is -0.299 e. The van der Waals surface area contributed by atoms with Crippen LogP contribution < -0.4 is 0 Å². The molecule has 1 fully saturated rings.